The summed E-state index contributed by atoms with van der Waals surface area (Å²) in [6.45, 7) is 1.29. The van der Waals surface area contributed by atoms with E-state index < -0.39 is 5.82 Å². The van der Waals surface area contributed by atoms with Gasteiger partial charge in [-0.15, -0.1) is 11.8 Å². The predicted molar refractivity (Wildman–Crippen MR) is 80.8 cm³/mol. The normalized spacial score (nSPS) is 22.1. The van der Waals surface area contributed by atoms with Crippen LogP contribution in [0.15, 0.2) is 35.4 Å². The third kappa shape index (κ3) is 2.67. The molecule has 2 aromatic rings. The zero-order chi connectivity index (χ0) is 15.9. The molecule has 23 heavy (non-hydrogen) atoms. The van der Waals surface area contributed by atoms with Gasteiger partial charge in [-0.2, -0.15) is 0 Å². The van der Waals surface area contributed by atoms with Crippen molar-refractivity contribution in [3.05, 3.63) is 42.5 Å². The number of oxazole rings is 1. The van der Waals surface area contributed by atoms with Gasteiger partial charge in [0.15, 0.2) is 17.9 Å². The Morgan fingerprint density at radius 1 is 1.48 bits per heavy atom. The number of pyridine rings is 1. The molecule has 2 fully saturated rings. The zero-order valence-corrected chi connectivity index (χ0v) is 13.0. The van der Waals surface area contributed by atoms with Crippen molar-refractivity contribution < 1.29 is 18.3 Å². The predicted octanol–water partition coefficient (Wildman–Crippen LogP) is 1.99. The van der Waals surface area contributed by atoms with E-state index in [0.29, 0.717) is 18.8 Å². The Labute approximate surface area is 136 Å². The minimum Gasteiger partial charge on any atom is -0.471 e. The number of hydrogen-bond acceptors (Lipinski definition) is 6. The molecule has 0 aromatic carbocycles. The number of carbonyl (C=O) groups excluding carboxylic acids is 1. The summed E-state index contributed by atoms with van der Waals surface area (Å²) >= 11 is 1.77. The number of hydrogen-bond donors (Lipinski definition) is 0. The molecule has 0 bridgehead atoms. The van der Waals surface area contributed by atoms with Crippen LogP contribution in [0.25, 0.3) is 0 Å². The van der Waals surface area contributed by atoms with Gasteiger partial charge in [0.25, 0.3) is 11.8 Å². The van der Waals surface area contributed by atoms with Gasteiger partial charge in [-0.05, 0) is 12.1 Å². The quantitative estimate of drug-likeness (QED) is 0.854. The smallest absolute Gasteiger partial charge is 0.275 e. The maximum Gasteiger partial charge on any atom is 0.275 e. The van der Waals surface area contributed by atoms with E-state index >= 15 is 0 Å². The van der Waals surface area contributed by atoms with E-state index in [2.05, 4.69) is 9.97 Å². The van der Waals surface area contributed by atoms with Gasteiger partial charge in [0.1, 0.15) is 12.4 Å². The van der Waals surface area contributed by atoms with Crippen molar-refractivity contribution in [2.75, 3.05) is 18.8 Å². The number of nitrogens with zero attached hydrogens (tertiary/aromatic N) is 3. The molecule has 2 aliphatic rings. The zero-order valence-electron chi connectivity index (χ0n) is 12.1. The van der Waals surface area contributed by atoms with Crippen LogP contribution in [-0.4, -0.2) is 50.5 Å². The lowest BCUT2D eigenvalue weighted by molar-refractivity contribution is 0.0508. The fourth-order valence-corrected chi connectivity index (χ4v) is 4.51. The molecule has 2 aliphatic heterocycles. The van der Waals surface area contributed by atoms with E-state index in [0.717, 1.165) is 12.2 Å². The number of likely N-dealkylation sites (tertiary alicyclic amines) is 1. The van der Waals surface area contributed by atoms with Crippen molar-refractivity contribution >= 4 is 17.7 Å². The van der Waals surface area contributed by atoms with Gasteiger partial charge in [0, 0.05) is 31.5 Å². The molecule has 1 amide bonds. The van der Waals surface area contributed by atoms with Gasteiger partial charge in [0.05, 0.1) is 4.75 Å². The highest BCUT2D eigenvalue weighted by atomic mass is 32.2. The molecule has 2 aromatic heterocycles. The topological polar surface area (TPSA) is 68.5 Å². The molecule has 1 spiro atoms. The van der Waals surface area contributed by atoms with Gasteiger partial charge >= 0.3 is 0 Å². The maximum atomic E-state index is 13.6. The molecule has 0 aliphatic carbocycles. The van der Waals surface area contributed by atoms with Gasteiger partial charge in [-0.1, -0.05) is 0 Å². The highest BCUT2D eigenvalue weighted by Gasteiger charge is 2.51. The Hall–Kier alpha value is -2.09. The summed E-state index contributed by atoms with van der Waals surface area (Å²) < 4.78 is 24.1. The lowest BCUT2D eigenvalue weighted by Gasteiger charge is -2.47. The third-order valence-electron chi connectivity index (χ3n) is 4.07. The van der Waals surface area contributed by atoms with Crippen molar-refractivity contribution in [2.24, 2.45) is 0 Å². The minimum atomic E-state index is -0.449. The van der Waals surface area contributed by atoms with Crippen molar-refractivity contribution in [2.45, 2.75) is 17.3 Å². The van der Waals surface area contributed by atoms with Crippen LogP contribution in [-0.2, 0) is 0 Å². The van der Waals surface area contributed by atoms with Crippen molar-refractivity contribution in [1.82, 2.24) is 14.9 Å². The molecular weight excluding hydrogens is 321 g/mol. The summed E-state index contributed by atoms with van der Waals surface area (Å²) in [7, 11) is 0. The fourth-order valence-electron chi connectivity index (χ4n) is 2.99. The first-order valence-electron chi connectivity index (χ1n) is 7.24. The van der Waals surface area contributed by atoms with E-state index in [1.807, 2.05) is 0 Å². The Balaban J connectivity index is 1.35. The summed E-state index contributed by atoms with van der Waals surface area (Å²) in [5, 5.41) is 0. The lowest BCUT2D eigenvalue weighted by Crippen LogP contribution is -2.60. The first-order chi connectivity index (χ1) is 11.2. The summed E-state index contributed by atoms with van der Waals surface area (Å²) in [6, 6.07) is 2.87. The van der Waals surface area contributed by atoms with Crippen LogP contribution >= 0.6 is 11.8 Å². The molecule has 0 unspecified atom stereocenters. The molecule has 2 saturated heterocycles. The Bertz CT molecular complexity index is 719. The van der Waals surface area contributed by atoms with Gasteiger partial charge < -0.3 is 14.1 Å². The van der Waals surface area contributed by atoms with Crippen LogP contribution in [0.1, 0.15) is 16.9 Å². The first-order valence-corrected chi connectivity index (χ1v) is 8.22. The second kappa shape index (κ2) is 5.52. The Morgan fingerprint density at radius 2 is 2.35 bits per heavy atom. The Kier molecular flexibility index (Phi) is 3.48. The molecule has 4 heterocycles. The SMILES string of the molecule is O=C(c1cocn1)N1CC2(C[C@@H](Oc3ncccc3F)CS2)C1. The van der Waals surface area contributed by atoms with Crippen LogP contribution in [0.4, 0.5) is 4.39 Å². The van der Waals surface area contributed by atoms with E-state index in [1.165, 1.54) is 31.0 Å². The molecule has 0 N–H and O–H groups in total. The Morgan fingerprint density at radius 3 is 3.09 bits per heavy atom. The van der Waals surface area contributed by atoms with Crippen LogP contribution in [0.5, 0.6) is 5.88 Å². The number of halogens is 1. The molecule has 1 atom stereocenters. The van der Waals surface area contributed by atoms with E-state index in [-0.39, 0.29) is 22.6 Å². The van der Waals surface area contributed by atoms with E-state index in [1.54, 1.807) is 16.7 Å². The average Bonchev–Trinajstić information content (AvgIpc) is 3.17. The highest BCUT2D eigenvalue weighted by molar-refractivity contribution is 8.01. The molecule has 8 heteroatoms. The largest absolute Gasteiger partial charge is 0.471 e. The van der Waals surface area contributed by atoms with Crippen LogP contribution in [0.3, 0.4) is 0 Å². The summed E-state index contributed by atoms with van der Waals surface area (Å²) in [5.41, 5.74) is 0.325. The average molecular weight is 335 g/mol. The number of amides is 1. The summed E-state index contributed by atoms with van der Waals surface area (Å²) in [5.74, 6) is 0.243. The number of thioether (sulfide) groups is 1. The lowest BCUT2D eigenvalue weighted by atomic mass is 9.92. The molecule has 120 valence electrons. The molecule has 0 saturated carbocycles. The number of carbonyl (C=O) groups is 1. The second-order valence-electron chi connectivity index (χ2n) is 5.76. The molecular formula is C15H14FN3O3S. The van der Waals surface area contributed by atoms with Gasteiger partial charge in [0.2, 0.25) is 0 Å². The highest BCUT2D eigenvalue weighted by Crippen LogP contribution is 2.46. The first kappa shape index (κ1) is 14.5. The van der Waals surface area contributed by atoms with Crippen molar-refractivity contribution in [3.63, 3.8) is 0 Å². The van der Waals surface area contributed by atoms with Gasteiger partial charge in [-0.3, -0.25) is 4.79 Å². The number of ether oxygens (including phenoxy) is 1. The van der Waals surface area contributed by atoms with Crippen LogP contribution < -0.4 is 4.74 Å². The molecule has 6 nitrogen and oxygen atoms in total. The third-order valence-corrected chi connectivity index (χ3v) is 5.65. The van der Waals surface area contributed by atoms with E-state index in [9.17, 15) is 9.18 Å². The van der Waals surface area contributed by atoms with Crippen LogP contribution in [0, 0.1) is 5.82 Å². The minimum absolute atomic E-state index is 0.00464. The van der Waals surface area contributed by atoms with Crippen molar-refractivity contribution in [3.8, 4) is 5.88 Å². The monoisotopic (exact) mass is 335 g/mol. The summed E-state index contributed by atoms with van der Waals surface area (Å²) in [6.07, 6.45) is 4.80. The van der Waals surface area contributed by atoms with Crippen molar-refractivity contribution in [1.29, 1.82) is 0 Å². The molecule has 4 rings (SSSR count). The summed E-state index contributed by atoms with van der Waals surface area (Å²) in [4.78, 5) is 21.7. The molecule has 0 radical (unpaired) electrons. The maximum absolute atomic E-state index is 13.6. The van der Waals surface area contributed by atoms with E-state index in [4.69, 9.17) is 9.15 Å². The number of aromatic nitrogens is 2. The standard InChI is InChI=1S/C15H14FN3O3S/c16-11-2-1-3-17-13(11)22-10-4-15(23-6-10)7-19(8-15)14(20)12-5-21-9-18-12/h1-3,5,9-10H,4,6-8H2/t10-/m1/s1. The fraction of sp³-hybridized carbons (Fsp3) is 0.400. The number of rotatable bonds is 3. The van der Waals surface area contributed by atoms with Crippen LogP contribution in [0.2, 0.25) is 0 Å². The second-order valence-corrected chi connectivity index (χ2v) is 7.25. The van der Waals surface area contributed by atoms with Gasteiger partial charge in [-0.25, -0.2) is 14.4 Å².